The SMILES string of the molecule is CC(=N)CC(C)=Nc1ccccc1CN1CCCC2(CCN(c3cnc4ccccc4n3)CC2)C1=O. The molecule has 1 N–H and O–H groups in total. The number of nitrogens with one attached hydrogen (secondary N) is 1. The summed E-state index contributed by atoms with van der Waals surface area (Å²) in [5.74, 6) is 1.18. The lowest BCUT2D eigenvalue weighted by Gasteiger charge is -2.46. The van der Waals surface area contributed by atoms with Crippen molar-refractivity contribution in [2.24, 2.45) is 10.4 Å². The highest BCUT2D eigenvalue weighted by molar-refractivity contribution is 6.02. The lowest BCUT2D eigenvalue weighted by atomic mass is 9.71. The number of likely N-dealkylation sites (tertiary alicyclic amines) is 1. The molecule has 1 spiro atoms. The molecule has 186 valence electrons. The smallest absolute Gasteiger partial charge is 0.229 e. The van der Waals surface area contributed by atoms with Gasteiger partial charge < -0.3 is 15.2 Å². The molecule has 7 heteroatoms. The summed E-state index contributed by atoms with van der Waals surface area (Å²) >= 11 is 0. The van der Waals surface area contributed by atoms with E-state index in [4.69, 9.17) is 15.4 Å². The van der Waals surface area contributed by atoms with Crippen molar-refractivity contribution in [3.8, 4) is 0 Å². The molecule has 7 nitrogen and oxygen atoms in total. The van der Waals surface area contributed by atoms with Crippen LogP contribution in [0.3, 0.4) is 0 Å². The molecule has 0 radical (unpaired) electrons. The van der Waals surface area contributed by atoms with Gasteiger partial charge in [0.25, 0.3) is 0 Å². The molecule has 2 aliphatic heterocycles. The minimum Gasteiger partial charge on any atom is -0.355 e. The minimum atomic E-state index is -0.287. The van der Waals surface area contributed by atoms with E-state index in [1.165, 1.54) is 0 Å². The molecule has 1 amide bonds. The van der Waals surface area contributed by atoms with Crippen molar-refractivity contribution >= 4 is 39.9 Å². The van der Waals surface area contributed by atoms with Gasteiger partial charge in [-0.1, -0.05) is 30.3 Å². The number of carbonyl (C=O) groups is 1. The number of para-hydroxylation sites is 3. The summed E-state index contributed by atoms with van der Waals surface area (Å²) in [4.78, 5) is 32.3. The second kappa shape index (κ2) is 10.2. The van der Waals surface area contributed by atoms with Gasteiger partial charge in [-0.05, 0) is 63.3 Å². The number of rotatable bonds is 6. The van der Waals surface area contributed by atoms with Gasteiger partial charge in [-0.3, -0.25) is 14.8 Å². The second-order valence-electron chi connectivity index (χ2n) is 10.2. The first-order chi connectivity index (χ1) is 17.4. The van der Waals surface area contributed by atoms with Crippen molar-refractivity contribution in [1.29, 1.82) is 5.41 Å². The fraction of sp³-hybridized carbons (Fsp3) is 0.414. The van der Waals surface area contributed by atoms with E-state index in [1.54, 1.807) is 6.92 Å². The molecule has 0 atom stereocenters. The number of anilines is 1. The lowest BCUT2D eigenvalue weighted by molar-refractivity contribution is -0.148. The fourth-order valence-corrected chi connectivity index (χ4v) is 5.62. The molecule has 2 saturated heterocycles. The summed E-state index contributed by atoms with van der Waals surface area (Å²) in [5.41, 5.74) is 5.00. The van der Waals surface area contributed by atoms with Crippen LogP contribution >= 0.6 is 0 Å². The van der Waals surface area contributed by atoms with E-state index in [-0.39, 0.29) is 11.3 Å². The molecular weight excluding hydrogens is 448 g/mol. The zero-order valence-electron chi connectivity index (χ0n) is 21.2. The first kappa shape index (κ1) is 24.1. The van der Waals surface area contributed by atoms with Gasteiger partial charge in [0, 0.05) is 44.0 Å². The van der Waals surface area contributed by atoms with E-state index < -0.39 is 0 Å². The zero-order valence-corrected chi connectivity index (χ0v) is 21.2. The monoisotopic (exact) mass is 482 g/mol. The van der Waals surface area contributed by atoms with E-state index in [9.17, 15) is 4.79 Å². The summed E-state index contributed by atoms with van der Waals surface area (Å²) in [7, 11) is 0. The molecule has 0 aliphatic carbocycles. The van der Waals surface area contributed by atoms with Crippen molar-refractivity contribution in [2.45, 2.75) is 52.5 Å². The van der Waals surface area contributed by atoms with E-state index >= 15 is 0 Å². The Kier molecular flexibility index (Phi) is 6.81. The lowest BCUT2D eigenvalue weighted by Crippen LogP contribution is -2.53. The number of benzene rings is 2. The van der Waals surface area contributed by atoms with Crippen LogP contribution in [0.2, 0.25) is 0 Å². The maximum absolute atomic E-state index is 13.8. The van der Waals surface area contributed by atoms with Crippen LogP contribution < -0.4 is 4.90 Å². The molecule has 0 saturated carbocycles. The number of carbonyl (C=O) groups excluding carboxylic acids is 1. The Morgan fingerprint density at radius 1 is 1.00 bits per heavy atom. The van der Waals surface area contributed by atoms with Gasteiger partial charge >= 0.3 is 0 Å². The number of amides is 1. The Morgan fingerprint density at radius 2 is 1.72 bits per heavy atom. The molecular formula is C29H34N6O. The third-order valence-electron chi connectivity index (χ3n) is 7.49. The average molecular weight is 483 g/mol. The molecule has 3 aromatic rings. The Balaban J connectivity index is 1.29. The fourth-order valence-electron chi connectivity index (χ4n) is 5.62. The minimum absolute atomic E-state index is 0.281. The van der Waals surface area contributed by atoms with Gasteiger partial charge in [-0.25, -0.2) is 4.98 Å². The van der Waals surface area contributed by atoms with E-state index in [2.05, 4.69) is 16.0 Å². The van der Waals surface area contributed by atoms with Crippen LogP contribution in [0.25, 0.3) is 11.0 Å². The van der Waals surface area contributed by atoms with E-state index in [1.807, 2.05) is 60.5 Å². The summed E-state index contributed by atoms with van der Waals surface area (Å²) in [6.07, 6.45) is 6.09. The molecule has 2 aromatic carbocycles. The molecule has 2 aliphatic rings. The quantitative estimate of drug-likeness (QED) is 0.466. The largest absolute Gasteiger partial charge is 0.355 e. The topological polar surface area (TPSA) is 85.5 Å². The van der Waals surface area contributed by atoms with Gasteiger partial charge in [-0.2, -0.15) is 0 Å². The summed E-state index contributed by atoms with van der Waals surface area (Å²) in [5, 5.41) is 7.75. The normalized spacial score (nSPS) is 18.2. The first-order valence-electron chi connectivity index (χ1n) is 12.9. The van der Waals surface area contributed by atoms with Crippen LogP contribution in [0.4, 0.5) is 11.5 Å². The molecule has 2 fully saturated rings. The highest BCUT2D eigenvalue weighted by atomic mass is 16.2. The third-order valence-corrected chi connectivity index (χ3v) is 7.49. The van der Waals surface area contributed by atoms with Crippen LogP contribution in [-0.4, -0.2) is 51.8 Å². The van der Waals surface area contributed by atoms with Crippen molar-refractivity contribution in [3.63, 3.8) is 0 Å². The Bertz CT molecular complexity index is 1310. The Labute approximate surface area is 212 Å². The number of fused-ring (bicyclic) bond motifs is 1. The first-order valence-corrected chi connectivity index (χ1v) is 12.9. The molecule has 5 rings (SSSR count). The maximum Gasteiger partial charge on any atom is 0.229 e. The molecule has 0 bridgehead atoms. The highest BCUT2D eigenvalue weighted by Gasteiger charge is 2.45. The summed E-state index contributed by atoms with van der Waals surface area (Å²) < 4.78 is 0. The number of hydrogen-bond donors (Lipinski definition) is 1. The number of piperidine rings is 2. The van der Waals surface area contributed by atoms with Gasteiger partial charge in [0.2, 0.25) is 5.91 Å². The van der Waals surface area contributed by atoms with Crippen LogP contribution in [0.1, 0.15) is 51.5 Å². The van der Waals surface area contributed by atoms with E-state index in [0.29, 0.717) is 18.7 Å². The number of aliphatic imine (C=N–C) groups is 1. The zero-order chi connectivity index (χ0) is 25.1. The third kappa shape index (κ3) is 5.01. The molecule has 1 aromatic heterocycles. The van der Waals surface area contributed by atoms with Crippen LogP contribution in [0.5, 0.6) is 0 Å². The van der Waals surface area contributed by atoms with Crippen molar-refractivity contribution in [3.05, 3.63) is 60.3 Å². The number of aromatic nitrogens is 2. The average Bonchev–Trinajstić information content (AvgIpc) is 2.88. The van der Waals surface area contributed by atoms with Gasteiger partial charge in [0.15, 0.2) is 0 Å². The maximum atomic E-state index is 13.8. The van der Waals surface area contributed by atoms with Crippen molar-refractivity contribution in [1.82, 2.24) is 14.9 Å². The second-order valence-corrected chi connectivity index (χ2v) is 10.2. The standard InChI is InChI=1S/C29H34N6O/c1-21(30)18-22(2)32-24-9-4-3-8-23(24)20-35-15-7-12-29(28(35)36)13-16-34(17-14-29)27-19-31-25-10-5-6-11-26(25)33-27/h3-6,8-11,19,30H,7,12-18,20H2,1-2H3. The summed E-state index contributed by atoms with van der Waals surface area (Å²) in [6, 6.07) is 16.0. The van der Waals surface area contributed by atoms with Crippen molar-refractivity contribution < 1.29 is 4.79 Å². The van der Waals surface area contributed by atoms with Gasteiger partial charge in [0.1, 0.15) is 5.82 Å². The van der Waals surface area contributed by atoms with Crippen LogP contribution in [-0.2, 0) is 11.3 Å². The van der Waals surface area contributed by atoms with E-state index in [0.717, 1.165) is 79.1 Å². The van der Waals surface area contributed by atoms with Crippen LogP contribution in [0.15, 0.2) is 59.7 Å². The number of nitrogens with zero attached hydrogens (tertiary/aromatic N) is 5. The molecule has 0 unspecified atom stereocenters. The van der Waals surface area contributed by atoms with Gasteiger partial charge in [0.05, 0.1) is 28.3 Å². The predicted octanol–water partition coefficient (Wildman–Crippen LogP) is 5.56. The molecule has 36 heavy (non-hydrogen) atoms. The molecule has 3 heterocycles. The predicted molar refractivity (Wildman–Crippen MR) is 145 cm³/mol. The Hall–Kier alpha value is -3.61. The number of hydrogen-bond acceptors (Lipinski definition) is 6. The van der Waals surface area contributed by atoms with Crippen molar-refractivity contribution in [2.75, 3.05) is 24.5 Å². The Morgan fingerprint density at radius 3 is 2.50 bits per heavy atom. The van der Waals surface area contributed by atoms with Gasteiger partial charge in [-0.15, -0.1) is 0 Å². The van der Waals surface area contributed by atoms with Crippen LogP contribution in [0, 0.1) is 10.8 Å². The summed E-state index contributed by atoms with van der Waals surface area (Å²) in [6.45, 7) is 6.76. The highest BCUT2D eigenvalue weighted by Crippen LogP contribution is 2.42.